The monoisotopic (exact) mass is 350 g/mol. The summed E-state index contributed by atoms with van der Waals surface area (Å²) in [5.41, 5.74) is 1.79. The first-order chi connectivity index (χ1) is 11.3. The van der Waals surface area contributed by atoms with Gasteiger partial charge in [-0.15, -0.1) is 0 Å². The third-order valence-electron chi connectivity index (χ3n) is 3.43. The fourth-order valence-corrected chi connectivity index (χ4v) is 3.17. The van der Waals surface area contributed by atoms with E-state index in [4.69, 9.17) is 9.84 Å². The topological polar surface area (TPSA) is 96.8 Å². The molecule has 0 saturated heterocycles. The van der Waals surface area contributed by atoms with Gasteiger partial charge in [-0.1, -0.05) is 0 Å². The summed E-state index contributed by atoms with van der Waals surface area (Å²) in [5, 5.41) is 8.56. The van der Waals surface area contributed by atoms with E-state index >= 15 is 0 Å². The largest absolute Gasteiger partial charge is 0.482 e. The van der Waals surface area contributed by atoms with Crippen LogP contribution in [0, 0.1) is 6.92 Å². The van der Waals surface area contributed by atoms with Crippen LogP contribution in [0.25, 0.3) is 0 Å². The van der Waals surface area contributed by atoms with Crippen LogP contribution in [-0.2, 0) is 21.4 Å². The molecule has 1 N–H and O–H groups in total. The van der Waals surface area contributed by atoms with Crippen LogP contribution in [0.2, 0.25) is 0 Å². The molecule has 128 valence electrons. The number of nitrogens with zero attached hydrogens (tertiary/aromatic N) is 2. The summed E-state index contributed by atoms with van der Waals surface area (Å²) in [4.78, 5) is 14.6. The van der Waals surface area contributed by atoms with E-state index in [1.807, 2.05) is 13.0 Å². The Balaban J connectivity index is 2.14. The normalized spacial score (nSPS) is 11.5. The Hall–Kier alpha value is -2.45. The molecule has 0 radical (unpaired) electrons. The highest BCUT2D eigenvalue weighted by atomic mass is 32.2. The van der Waals surface area contributed by atoms with Crippen LogP contribution in [-0.4, -0.2) is 42.4 Å². The van der Waals surface area contributed by atoms with Crippen LogP contribution in [0.1, 0.15) is 11.1 Å². The van der Waals surface area contributed by atoms with Gasteiger partial charge in [-0.25, -0.2) is 13.2 Å². The minimum Gasteiger partial charge on any atom is -0.482 e. The van der Waals surface area contributed by atoms with Gasteiger partial charge in [0.1, 0.15) is 5.75 Å². The number of sulfonamides is 1. The Morgan fingerprint density at radius 3 is 2.50 bits per heavy atom. The molecular formula is C16H18N2O5S. The smallest absolute Gasteiger partial charge is 0.341 e. The maximum Gasteiger partial charge on any atom is 0.341 e. The highest BCUT2D eigenvalue weighted by molar-refractivity contribution is 7.89. The van der Waals surface area contributed by atoms with Crippen molar-refractivity contribution >= 4 is 16.0 Å². The van der Waals surface area contributed by atoms with E-state index in [9.17, 15) is 13.2 Å². The number of carboxylic acid groups (broad SMARTS) is 1. The molecule has 0 fully saturated rings. The standard InChI is InChI=1S/C16H18N2O5S/c1-12-7-8-17-9-13(12)10-18(2)24(21,22)15-5-3-14(4-6-15)23-11-16(19)20/h3-9H,10-11H2,1-2H3,(H,19,20). The lowest BCUT2D eigenvalue weighted by Gasteiger charge is -2.18. The molecule has 7 nitrogen and oxygen atoms in total. The van der Waals surface area contributed by atoms with Gasteiger partial charge in [0.15, 0.2) is 6.61 Å². The summed E-state index contributed by atoms with van der Waals surface area (Å²) in [6.45, 7) is 1.62. The quantitative estimate of drug-likeness (QED) is 0.816. The van der Waals surface area contributed by atoms with Crippen LogP contribution in [0.4, 0.5) is 0 Å². The average molecular weight is 350 g/mol. The van der Waals surface area contributed by atoms with Crippen LogP contribution >= 0.6 is 0 Å². The van der Waals surface area contributed by atoms with Gasteiger partial charge in [-0.3, -0.25) is 4.98 Å². The van der Waals surface area contributed by atoms with E-state index in [2.05, 4.69) is 4.98 Å². The van der Waals surface area contributed by atoms with Gasteiger partial charge in [0.25, 0.3) is 0 Å². The summed E-state index contributed by atoms with van der Waals surface area (Å²) in [6.07, 6.45) is 3.30. The Morgan fingerprint density at radius 1 is 1.25 bits per heavy atom. The molecule has 8 heteroatoms. The van der Waals surface area contributed by atoms with Crippen LogP contribution in [0.15, 0.2) is 47.6 Å². The molecule has 0 amide bonds. The Labute approximate surface area is 140 Å². The molecule has 24 heavy (non-hydrogen) atoms. The van der Waals surface area contributed by atoms with E-state index in [-0.39, 0.29) is 11.4 Å². The minimum atomic E-state index is -3.67. The Morgan fingerprint density at radius 2 is 1.92 bits per heavy atom. The lowest BCUT2D eigenvalue weighted by atomic mass is 10.2. The number of carbonyl (C=O) groups is 1. The fraction of sp³-hybridized carbons (Fsp3) is 0.250. The highest BCUT2D eigenvalue weighted by Crippen LogP contribution is 2.20. The second kappa shape index (κ2) is 7.41. The van der Waals surface area contributed by atoms with Gasteiger partial charge < -0.3 is 9.84 Å². The van der Waals surface area contributed by atoms with Crippen molar-refractivity contribution in [3.63, 3.8) is 0 Å². The predicted molar refractivity (Wildman–Crippen MR) is 87.2 cm³/mol. The van der Waals surface area contributed by atoms with E-state index in [0.29, 0.717) is 5.75 Å². The van der Waals surface area contributed by atoms with Crippen LogP contribution in [0.5, 0.6) is 5.75 Å². The third kappa shape index (κ3) is 4.30. The van der Waals surface area contributed by atoms with Crippen molar-refractivity contribution in [2.45, 2.75) is 18.4 Å². The summed E-state index contributed by atoms with van der Waals surface area (Å²) in [5.74, 6) is -0.805. The first-order valence-electron chi connectivity index (χ1n) is 7.11. The SMILES string of the molecule is Cc1ccncc1CN(C)S(=O)(=O)c1ccc(OCC(=O)O)cc1. The molecule has 0 saturated carbocycles. The first-order valence-corrected chi connectivity index (χ1v) is 8.55. The van der Waals surface area contributed by atoms with Crippen molar-refractivity contribution in [2.75, 3.05) is 13.7 Å². The Kier molecular flexibility index (Phi) is 5.53. The Bertz CT molecular complexity index is 819. The number of hydrogen-bond donors (Lipinski definition) is 1. The van der Waals surface area contributed by atoms with Crippen LogP contribution in [0.3, 0.4) is 0 Å². The molecular weight excluding hydrogens is 332 g/mol. The molecule has 1 aromatic heterocycles. The number of rotatable bonds is 7. The number of aryl methyl sites for hydroxylation is 1. The van der Waals surface area contributed by atoms with Crippen molar-refractivity contribution < 1.29 is 23.1 Å². The zero-order valence-corrected chi connectivity index (χ0v) is 14.2. The number of pyridine rings is 1. The van der Waals surface area contributed by atoms with Crippen molar-refractivity contribution in [1.29, 1.82) is 0 Å². The lowest BCUT2D eigenvalue weighted by Crippen LogP contribution is -2.26. The van der Waals surface area contributed by atoms with Crippen molar-refractivity contribution in [2.24, 2.45) is 0 Å². The highest BCUT2D eigenvalue weighted by Gasteiger charge is 2.21. The van der Waals surface area contributed by atoms with Gasteiger partial charge in [0.05, 0.1) is 4.90 Å². The molecule has 1 aromatic carbocycles. The number of aromatic nitrogens is 1. The molecule has 0 unspecified atom stereocenters. The number of benzene rings is 1. The van der Waals surface area contributed by atoms with E-state index in [1.165, 1.54) is 35.6 Å². The second-order valence-electron chi connectivity index (χ2n) is 5.22. The molecule has 0 aliphatic carbocycles. The summed E-state index contributed by atoms with van der Waals surface area (Å²) in [6, 6.07) is 7.46. The molecule has 0 spiro atoms. The minimum absolute atomic E-state index is 0.106. The van der Waals surface area contributed by atoms with Crippen molar-refractivity contribution in [1.82, 2.24) is 9.29 Å². The number of ether oxygens (including phenoxy) is 1. The molecule has 2 rings (SSSR count). The van der Waals surface area contributed by atoms with Crippen molar-refractivity contribution in [3.8, 4) is 5.75 Å². The molecule has 0 bridgehead atoms. The maximum absolute atomic E-state index is 12.6. The van der Waals surface area contributed by atoms with Gasteiger partial charge >= 0.3 is 5.97 Å². The van der Waals surface area contributed by atoms with E-state index in [0.717, 1.165) is 11.1 Å². The molecule has 2 aromatic rings. The predicted octanol–water partition coefficient (Wildman–Crippen LogP) is 1.67. The van der Waals surface area contributed by atoms with E-state index < -0.39 is 22.6 Å². The maximum atomic E-state index is 12.6. The summed E-state index contributed by atoms with van der Waals surface area (Å²) >= 11 is 0. The van der Waals surface area contributed by atoms with Gasteiger partial charge in [-0.05, 0) is 48.4 Å². The molecule has 0 atom stereocenters. The molecule has 0 aliphatic heterocycles. The number of hydrogen-bond acceptors (Lipinski definition) is 5. The van der Waals surface area contributed by atoms with Gasteiger partial charge in [0.2, 0.25) is 10.0 Å². The first kappa shape index (κ1) is 17.9. The number of aliphatic carboxylic acids is 1. The van der Waals surface area contributed by atoms with E-state index in [1.54, 1.807) is 12.4 Å². The molecule has 0 aliphatic rings. The lowest BCUT2D eigenvalue weighted by molar-refractivity contribution is -0.139. The van der Waals surface area contributed by atoms with Gasteiger partial charge in [-0.2, -0.15) is 4.31 Å². The van der Waals surface area contributed by atoms with Crippen LogP contribution < -0.4 is 4.74 Å². The average Bonchev–Trinajstić information content (AvgIpc) is 2.55. The zero-order valence-electron chi connectivity index (χ0n) is 13.3. The fourth-order valence-electron chi connectivity index (χ4n) is 2.02. The summed E-state index contributed by atoms with van der Waals surface area (Å²) in [7, 11) is -2.17. The summed E-state index contributed by atoms with van der Waals surface area (Å²) < 4.78 is 31.4. The van der Waals surface area contributed by atoms with Crippen molar-refractivity contribution in [3.05, 3.63) is 53.9 Å². The molecule has 1 heterocycles. The van der Waals surface area contributed by atoms with Gasteiger partial charge in [0, 0.05) is 26.0 Å². The third-order valence-corrected chi connectivity index (χ3v) is 5.25. The number of carboxylic acids is 1. The second-order valence-corrected chi connectivity index (χ2v) is 7.26. The zero-order chi connectivity index (χ0) is 17.7.